The number of nitrogens with one attached hydrogen (secondary N) is 2. The summed E-state index contributed by atoms with van der Waals surface area (Å²) in [5, 5.41) is 9.70. The average Bonchev–Trinajstić information content (AvgIpc) is 3.00. The Morgan fingerprint density at radius 2 is 2.22 bits per heavy atom. The molecule has 1 saturated heterocycles. The fraction of sp³-hybridized carbons (Fsp3) is 0.467. The van der Waals surface area contributed by atoms with Gasteiger partial charge in [-0.1, -0.05) is 0 Å². The molecule has 2 N–H and O–H groups in total. The molecule has 8 heteroatoms. The van der Waals surface area contributed by atoms with Gasteiger partial charge in [-0.3, -0.25) is 9.89 Å². The van der Waals surface area contributed by atoms with E-state index in [0.717, 1.165) is 31.6 Å². The molecule has 122 valence electrons. The number of H-pyrrole nitrogens is 1. The topological polar surface area (TPSA) is 96.0 Å². The third kappa shape index (κ3) is 3.58. The molecule has 0 unspecified atom stereocenters. The zero-order chi connectivity index (χ0) is 16.2. The molecule has 0 aromatic carbocycles. The number of aryl methyl sites for hydroxylation is 1. The number of aromatic nitrogens is 4. The number of rotatable bonds is 4. The lowest BCUT2D eigenvalue weighted by atomic mass is 9.96. The minimum absolute atomic E-state index is 0.0164. The van der Waals surface area contributed by atoms with Gasteiger partial charge in [0.2, 0.25) is 17.7 Å². The van der Waals surface area contributed by atoms with Gasteiger partial charge in [-0.25, -0.2) is 4.98 Å². The normalized spacial score (nSPS) is 15.5. The van der Waals surface area contributed by atoms with Crippen molar-refractivity contribution in [1.82, 2.24) is 20.2 Å². The molecule has 0 atom stereocenters. The van der Waals surface area contributed by atoms with Crippen molar-refractivity contribution < 1.29 is 9.53 Å². The van der Waals surface area contributed by atoms with E-state index in [1.54, 1.807) is 19.4 Å². The minimum Gasteiger partial charge on any atom is -0.481 e. The van der Waals surface area contributed by atoms with Crippen molar-refractivity contribution in [1.29, 1.82) is 0 Å². The van der Waals surface area contributed by atoms with Crippen molar-refractivity contribution in [3.8, 4) is 5.88 Å². The first-order valence-electron chi connectivity index (χ1n) is 7.60. The number of hydrogen-bond acceptors (Lipinski definition) is 6. The molecule has 2 aromatic rings. The van der Waals surface area contributed by atoms with E-state index < -0.39 is 0 Å². The Morgan fingerprint density at radius 1 is 1.43 bits per heavy atom. The highest BCUT2D eigenvalue weighted by molar-refractivity contribution is 5.91. The van der Waals surface area contributed by atoms with Crippen molar-refractivity contribution in [2.24, 2.45) is 5.92 Å². The number of piperidine rings is 1. The largest absolute Gasteiger partial charge is 0.481 e. The molecule has 0 radical (unpaired) electrons. The van der Waals surface area contributed by atoms with Crippen LogP contribution >= 0.6 is 0 Å². The van der Waals surface area contributed by atoms with Crippen LogP contribution in [0.5, 0.6) is 5.88 Å². The van der Waals surface area contributed by atoms with Gasteiger partial charge in [-0.05, 0) is 19.8 Å². The third-order valence-corrected chi connectivity index (χ3v) is 3.93. The number of carbonyl (C=O) groups excluding carboxylic acids is 1. The van der Waals surface area contributed by atoms with Gasteiger partial charge in [0.15, 0.2) is 5.82 Å². The number of amides is 1. The summed E-state index contributed by atoms with van der Waals surface area (Å²) in [5.41, 5.74) is 0.922. The van der Waals surface area contributed by atoms with Crippen LogP contribution in [0.3, 0.4) is 0 Å². The summed E-state index contributed by atoms with van der Waals surface area (Å²) < 4.78 is 5.12. The number of hydrogen-bond donors (Lipinski definition) is 2. The summed E-state index contributed by atoms with van der Waals surface area (Å²) >= 11 is 0. The van der Waals surface area contributed by atoms with Gasteiger partial charge in [-0.2, -0.15) is 10.1 Å². The van der Waals surface area contributed by atoms with Gasteiger partial charge in [0.05, 0.1) is 7.11 Å². The van der Waals surface area contributed by atoms with Crippen LogP contribution in [-0.2, 0) is 4.79 Å². The molecule has 1 amide bonds. The summed E-state index contributed by atoms with van der Waals surface area (Å²) in [6, 6.07) is 3.53. The predicted octanol–water partition coefficient (Wildman–Crippen LogP) is 1.37. The maximum Gasteiger partial charge on any atom is 0.228 e. The SMILES string of the molecule is COc1ccnc(N2CCC(C(=O)Nc3cc(C)[nH]n3)CC2)n1. The average molecular weight is 316 g/mol. The number of aromatic amines is 1. The van der Waals surface area contributed by atoms with Crippen LogP contribution in [0, 0.1) is 12.8 Å². The maximum absolute atomic E-state index is 12.3. The highest BCUT2D eigenvalue weighted by atomic mass is 16.5. The number of ether oxygens (including phenoxy) is 1. The van der Waals surface area contributed by atoms with Gasteiger partial charge in [0.1, 0.15) is 0 Å². The lowest BCUT2D eigenvalue weighted by molar-refractivity contribution is -0.120. The Morgan fingerprint density at radius 3 is 2.87 bits per heavy atom. The van der Waals surface area contributed by atoms with Crippen molar-refractivity contribution >= 4 is 17.7 Å². The summed E-state index contributed by atoms with van der Waals surface area (Å²) in [4.78, 5) is 23.0. The zero-order valence-electron chi connectivity index (χ0n) is 13.2. The molecule has 1 fully saturated rings. The van der Waals surface area contributed by atoms with Crippen LogP contribution in [0.1, 0.15) is 18.5 Å². The Labute approximate surface area is 134 Å². The van der Waals surface area contributed by atoms with E-state index in [-0.39, 0.29) is 11.8 Å². The lowest BCUT2D eigenvalue weighted by Gasteiger charge is -2.31. The summed E-state index contributed by atoms with van der Waals surface area (Å²) in [6.07, 6.45) is 3.20. The highest BCUT2D eigenvalue weighted by Gasteiger charge is 2.26. The van der Waals surface area contributed by atoms with Crippen LogP contribution in [-0.4, -0.2) is 46.3 Å². The van der Waals surface area contributed by atoms with Crippen molar-refractivity contribution in [2.45, 2.75) is 19.8 Å². The number of carbonyl (C=O) groups is 1. The first kappa shape index (κ1) is 15.3. The van der Waals surface area contributed by atoms with E-state index in [4.69, 9.17) is 4.74 Å². The molecule has 23 heavy (non-hydrogen) atoms. The molecular weight excluding hydrogens is 296 g/mol. The fourth-order valence-corrected chi connectivity index (χ4v) is 2.65. The van der Waals surface area contributed by atoms with Crippen LogP contribution in [0.15, 0.2) is 18.3 Å². The molecular formula is C15H20N6O2. The van der Waals surface area contributed by atoms with Crippen LogP contribution < -0.4 is 15.0 Å². The zero-order valence-corrected chi connectivity index (χ0v) is 13.2. The second-order valence-electron chi connectivity index (χ2n) is 5.59. The Balaban J connectivity index is 1.56. The second kappa shape index (κ2) is 6.64. The second-order valence-corrected chi connectivity index (χ2v) is 5.59. The fourth-order valence-electron chi connectivity index (χ4n) is 2.65. The molecule has 3 heterocycles. The molecule has 1 aliphatic heterocycles. The Bertz CT molecular complexity index is 678. The maximum atomic E-state index is 12.3. The van der Waals surface area contributed by atoms with E-state index in [1.165, 1.54) is 0 Å². The van der Waals surface area contributed by atoms with Crippen LogP contribution in [0.2, 0.25) is 0 Å². The van der Waals surface area contributed by atoms with E-state index in [0.29, 0.717) is 17.6 Å². The van der Waals surface area contributed by atoms with Crippen molar-refractivity contribution in [3.63, 3.8) is 0 Å². The quantitative estimate of drug-likeness (QED) is 0.884. The van der Waals surface area contributed by atoms with Crippen LogP contribution in [0.25, 0.3) is 0 Å². The van der Waals surface area contributed by atoms with Gasteiger partial charge in [-0.15, -0.1) is 0 Å². The van der Waals surface area contributed by atoms with E-state index in [2.05, 4.69) is 30.4 Å². The Hall–Kier alpha value is -2.64. The van der Waals surface area contributed by atoms with E-state index >= 15 is 0 Å². The molecule has 0 bridgehead atoms. The lowest BCUT2D eigenvalue weighted by Crippen LogP contribution is -2.39. The standard InChI is InChI=1S/C15H20N6O2/c1-10-9-12(20-19-10)17-14(22)11-4-7-21(8-5-11)15-16-6-3-13(18-15)23-2/h3,6,9,11H,4-5,7-8H2,1-2H3,(H2,17,19,20,22). The highest BCUT2D eigenvalue weighted by Crippen LogP contribution is 2.22. The smallest absolute Gasteiger partial charge is 0.228 e. The predicted molar refractivity (Wildman–Crippen MR) is 85.5 cm³/mol. The Kier molecular flexibility index (Phi) is 4.40. The van der Waals surface area contributed by atoms with Crippen molar-refractivity contribution in [2.75, 3.05) is 30.4 Å². The van der Waals surface area contributed by atoms with E-state index in [1.807, 2.05) is 13.0 Å². The third-order valence-electron chi connectivity index (χ3n) is 3.93. The summed E-state index contributed by atoms with van der Waals surface area (Å²) in [6.45, 7) is 3.38. The summed E-state index contributed by atoms with van der Waals surface area (Å²) in [7, 11) is 1.58. The van der Waals surface area contributed by atoms with Crippen LogP contribution in [0.4, 0.5) is 11.8 Å². The van der Waals surface area contributed by atoms with Gasteiger partial charge >= 0.3 is 0 Å². The molecule has 8 nitrogen and oxygen atoms in total. The first-order valence-corrected chi connectivity index (χ1v) is 7.60. The number of nitrogens with zero attached hydrogens (tertiary/aromatic N) is 4. The number of anilines is 2. The van der Waals surface area contributed by atoms with Gasteiger partial charge < -0.3 is 15.0 Å². The van der Waals surface area contributed by atoms with Crippen molar-refractivity contribution in [3.05, 3.63) is 24.0 Å². The van der Waals surface area contributed by atoms with Gasteiger partial charge in [0.25, 0.3) is 0 Å². The number of methoxy groups -OCH3 is 1. The molecule has 0 saturated carbocycles. The molecule has 1 aliphatic rings. The molecule has 0 aliphatic carbocycles. The summed E-state index contributed by atoms with van der Waals surface area (Å²) in [5.74, 6) is 1.76. The minimum atomic E-state index is -0.0196. The first-order chi connectivity index (χ1) is 11.2. The molecule has 0 spiro atoms. The van der Waals surface area contributed by atoms with E-state index in [9.17, 15) is 4.79 Å². The molecule has 2 aromatic heterocycles. The monoisotopic (exact) mass is 316 g/mol. The molecule has 3 rings (SSSR count). The van der Waals surface area contributed by atoms with Gasteiger partial charge in [0, 0.05) is 43.0 Å².